The van der Waals surface area contributed by atoms with Gasteiger partial charge in [-0.25, -0.2) is 9.78 Å². The Morgan fingerprint density at radius 3 is 2.52 bits per heavy atom. The van der Waals surface area contributed by atoms with Crippen LogP contribution in [0.1, 0.15) is 12.6 Å². The van der Waals surface area contributed by atoms with Gasteiger partial charge in [-0.15, -0.1) is 11.3 Å². The van der Waals surface area contributed by atoms with Gasteiger partial charge in [0.1, 0.15) is 5.01 Å². The molecule has 3 amide bonds. The summed E-state index contributed by atoms with van der Waals surface area (Å²) in [6.07, 6.45) is 0.694. The van der Waals surface area contributed by atoms with Gasteiger partial charge in [0, 0.05) is 50.6 Å². The number of nitrogens with one attached hydrogen (secondary N) is 2. The second-order valence-electron chi connectivity index (χ2n) is 5.28. The van der Waals surface area contributed by atoms with Crippen LogP contribution in [0.2, 0.25) is 0 Å². The second-order valence-corrected chi connectivity index (χ2v) is 6.14. The van der Waals surface area contributed by atoms with Gasteiger partial charge in [0.15, 0.2) is 0 Å². The number of nitrogens with zero attached hydrogens (tertiary/aromatic N) is 2. The molecule has 0 fully saturated rings. The van der Waals surface area contributed by atoms with Crippen molar-refractivity contribution < 1.29 is 9.59 Å². The van der Waals surface area contributed by atoms with Crippen LogP contribution in [0.25, 0.3) is 10.6 Å². The van der Waals surface area contributed by atoms with Gasteiger partial charge in [-0.2, -0.15) is 0 Å². The number of hydrogen-bond donors (Lipinski definition) is 2. The van der Waals surface area contributed by atoms with E-state index in [-0.39, 0.29) is 11.9 Å². The Hall–Kier alpha value is -2.41. The fraction of sp³-hybridized carbons (Fsp3) is 0.312. The molecule has 0 aliphatic rings. The normalized spacial score (nSPS) is 10.2. The van der Waals surface area contributed by atoms with Crippen LogP contribution in [0, 0.1) is 0 Å². The van der Waals surface area contributed by atoms with E-state index in [4.69, 9.17) is 0 Å². The molecule has 1 aromatic heterocycles. The first-order valence-electron chi connectivity index (χ1n) is 7.23. The van der Waals surface area contributed by atoms with E-state index in [1.807, 2.05) is 29.6 Å². The van der Waals surface area contributed by atoms with Crippen LogP contribution < -0.4 is 10.6 Å². The molecule has 2 aromatic rings. The minimum absolute atomic E-state index is 0.0888. The highest BCUT2D eigenvalue weighted by molar-refractivity contribution is 7.13. The van der Waals surface area contributed by atoms with Gasteiger partial charge < -0.3 is 15.5 Å². The predicted molar refractivity (Wildman–Crippen MR) is 92.6 cm³/mol. The Balaban J connectivity index is 1.93. The fourth-order valence-corrected chi connectivity index (χ4v) is 2.77. The molecule has 0 unspecified atom stereocenters. The van der Waals surface area contributed by atoms with Crippen molar-refractivity contribution in [2.45, 2.75) is 13.3 Å². The zero-order valence-electron chi connectivity index (χ0n) is 13.4. The van der Waals surface area contributed by atoms with Crippen LogP contribution in [-0.4, -0.2) is 42.5 Å². The van der Waals surface area contributed by atoms with Crippen LogP contribution in [0.5, 0.6) is 0 Å². The molecule has 7 heteroatoms. The molecular weight excluding hydrogens is 312 g/mol. The van der Waals surface area contributed by atoms with E-state index in [0.29, 0.717) is 13.0 Å². The average Bonchev–Trinajstić information content (AvgIpc) is 2.96. The van der Waals surface area contributed by atoms with Crippen molar-refractivity contribution in [1.29, 1.82) is 0 Å². The number of rotatable bonds is 5. The molecule has 0 saturated carbocycles. The number of anilines is 1. The van der Waals surface area contributed by atoms with Gasteiger partial charge in [0.05, 0.1) is 5.69 Å². The lowest BCUT2D eigenvalue weighted by molar-refractivity contribution is -0.114. The zero-order valence-corrected chi connectivity index (χ0v) is 14.2. The van der Waals surface area contributed by atoms with Gasteiger partial charge >= 0.3 is 6.03 Å². The van der Waals surface area contributed by atoms with Gasteiger partial charge in [0.25, 0.3) is 0 Å². The number of thiazole rings is 1. The van der Waals surface area contributed by atoms with Crippen LogP contribution >= 0.6 is 11.3 Å². The molecule has 2 rings (SSSR count). The Morgan fingerprint density at radius 2 is 1.91 bits per heavy atom. The summed E-state index contributed by atoms with van der Waals surface area (Å²) in [5, 5.41) is 8.48. The maximum Gasteiger partial charge on any atom is 0.316 e. The number of carbonyl (C=O) groups is 2. The van der Waals surface area contributed by atoms with E-state index < -0.39 is 0 Å². The molecule has 0 bridgehead atoms. The molecule has 122 valence electrons. The third kappa shape index (κ3) is 5.07. The highest BCUT2D eigenvalue weighted by Crippen LogP contribution is 2.25. The van der Waals surface area contributed by atoms with Gasteiger partial charge in [-0.1, -0.05) is 0 Å². The summed E-state index contributed by atoms with van der Waals surface area (Å²) in [6.45, 7) is 2.04. The highest BCUT2D eigenvalue weighted by Gasteiger charge is 2.07. The van der Waals surface area contributed by atoms with Gasteiger partial charge in [0.2, 0.25) is 5.91 Å². The molecule has 23 heavy (non-hydrogen) atoms. The summed E-state index contributed by atoms with van der Waals surface area (Å²) < 4.78 is 0. The number of aromatic nitrogens is 1. The van der Waals surface area contributed by atoms with E-state index >= 15 is 0 Å². The van der Waals surface area contributed by atoms with Crippen molar-refractivity contribution in [3.63, 3.8) is 0 Å². The maximum absolute atomic E-state index is 11.4. The molecule has 0 saturated heterocycles. The molecule has 0 atom stereocenters. The van der Waals surface area contributed by atoms with E-state index in [0.717, 1.165) is 22.0 Å². The van der Waals surface area contributed by atoms with Crippen LogP contribution in [0.15, 0.2) is 29.6 Å². The largest absolute Gasteiger partial charge is 0.338 e. The molecule has 1 heterocycles. The van der Waals surface area contributed by atoms with Crippen molar-refractivity contribution in [2.24, 2.45) is 0 Å². The summed E-state index contributed by atoms with van der Waals surface area (Å²) in [6, 6.07) is 7.47. The lowest BCUT2D eigenvalue weighted by Gasteiger charge is -2.10. The zero-order chi connectivity index (χ0) is 16.8. The van der Waals surface area contributed by atoms with Crippen molar-refractivity contribution in [2.75, 3.05) is 26.0 Å². The number of hydrogen-bond acceptors (Lipinski definition) is 4. The van der Waals surface area contributed by atoms with Crippen molar-refractivity contribution in [3.8, 4) is 10.6 Å². The van der Waals surface area contributed by atoms with Gasteiger partial charge in [-0.05, 0) is 24.3 Å². The highest BCUT2D eigenvalue weighted by atomic mass is 32.1. The monoisotopic (exact) mass is 332 g/mol. The summed E-state index contributed by atoms with van der Waals surface area (Å²) >= 11 is 1.57. The molecule has 1 aromatic carbocycles. The Bertz CT molecular complexity index is 680. The summed E-state index contributed by atoms with van der Waals surface area (Å²) in [5.74, 6) is -0.0888. The molecule has 0 radical (unpaired) electrons. The second kappa shape index (κ2) is 7.73. The lowest BCUT2D eigenvalue weighted by Crippen LogP contribution is -2.35. The third-order valence-corrected chi connectivity index (χ3v) is 4.01. The van der Waals surface area contributed by atoms with Crippen molar-refractivity contribution >= 4 is 29.0 Å². The minimum Gasteiger partial charge on any atom is -0.338 e. The molecule has 0 spiro atoms. The molecule has 0 aliphatic heterocycles. The smallest absolute Gasteiger partial charge is 0.316 e. The number of urea groups is 1. The summed E-state index contributed by atoms with van der Waals surface area (Å²) in [7, 11) is 3.42. The van der Waals surface area contributed by atoms with E-state index in [9.17, 15) is 9.59 Å². The summed E-state index contributed by atoms with van der Waals surface area (Å²) in [4.78, 5) is 28.5. The summed E-state index contributed by atoms with van der Waals surface area (Å²) in [5.41, 5.74) is 2.73. The predicted octanol–water partition coefficient (Wildman–Crippen LogP) is 2.58. The number of carbonyl (C=O) groups excluding carboxylic acids is 2. The lowest BCUT2D eigenvalue weighted by atomic mass is 10.2. The maximum atomic E-state index is 11.4. The van der Waals surface area contributed by atoms with Crippen LogP contribution in [-0.2, 0) is 11.2 Å². The first kappa shape index (κ1) is 17.0. The first-order chi connectivity index (χ1) is 11.0. The minimum atomic E-state index is -0.103. The average molecular weight is 332 g/mol. The van der Waals surface area contributed by atoms with Crippen molar-refractivity contribution in [1.82, 2.24) is 15.2 Å². The SMILES string of the molecule is CC(=O)Nc1ccc(-c2nc(CCNC(=O)N(C)C)cs2)cc1. The van der Waals surface area contributed by atoms with Crippen LogP contribution in [0.4, 0.5) is 10.5 Å². The van der Waals surface area contributed by atoms with Crippen molar-refractivity contribution in [3.05, 3.63) is 35.3 Å². The van der Waals surface area contributed by atoms with E-state index in [1.54, 1.807) is 25.4 Å². The first-order valence-corrected chi connectivity index (χ1v) is 8.11. The topological polar surface area (TPSA) is 74.3 Å². The van der Waals surface area contributed by atoms with Gasteiger partial charge in [-0.3, -0.25) is 4.79 Å². The van der Waals surface area contributed by atoms with Crippen LogP contribution in [0.3, 0.4) is 0 Å². The van der Waals surface area contributed by atoms with E-state index in [1.165, 1.54) is 11.8 Å². The number of benzene rings is 1. The quantitative estimate of drug-likeness (QED) is 0.884. The molecule has 6 nitrogen and oxygen atoms in total. The third-order valence-electron chi connectivity index (χ3n) is 3.07. The molecule has 2 N–H and O–H groups in total. The standard InChI is InChI=1S/C16H20N4O2S/c1-11(21)18-13-6-4-12(5-7-13)15-19-14(10-23-15)8-9-17-16(22)20(2)3/h4-7,10H,8-9H2,1-3H3,(H,17,22)(H,18,21). The number of amides is 3. The van der Waals surface area contributed by atoms with E-state index in [2.05, 4.69) is 15.6 Å². The Kier molecular flexibility index (Phi) is 5.70. The Labute approximate surface area is 139 Å². The fourth-order valence-electron chi connectivity index (χ4n) is 1.91. The molecule has 0 aliphatic carbocycles. The molecular formula is C16H20N4O2S. The Morgan fingerprint density at radius 1 is 1.22 bits per heavy atom.